The maximum atomic E-state index is 9.25. The van der Waals surface area contributed by atoms with Crippen molar-refractivity contribution >= 4 is 0 Å². The lowest BCUT2D eigenvalue weighted by molar-refractivity contribution is 0.322. The molecule has 0 aromatic heterocycles. The van der Waals surface area contributed by atoms with Gasteiger partial charge in [0.1, 0.15) is 5.75 Å². The summed E-state index contributed by atoms with van der Waals surface area (Å²) in [5, 5.41) is 9.25. The summed E-state index contributed by atoms with van der Waals surface area (Å²) in [6.45, 7) is 2.04. The smallest absolute Gasteiger partial charge is 0.119 e. The van der Waals surface area contributed by atoms with Gasteiger partial charge in [0.25, 0.3) is 0 Å². The summed E-state index contributed by atoms with van der Waals surface area (Å²) < 4.78 is 5.23. The minimum atomic E-state index is -0.237. The van der Waals surface area contributed by atoms with E-state index in [-0.39, 0.29) is 5.41 Å². The first-order valence-corrected chi connectivity index (χ1v) is 5.28. The molecule has 0 unspecified atom stereocenters. The third kappa shape index (κ3) is 1.59. The maximum absolute atomic E-state index is 9.25. The van der Waals surface area contributed by atoms with Gasteiger partial charge in [-0.05, 0) is 49.4 Å². The molecule has 0 atom stereocenters. The van der Waals surface area contributed by atoms with Crippen LogP contribution in [0.3, 0.4) is 0 Å². The highest BCUT2D eigenvalue weighted by Gasteiger charge is 2.39. The number of methoxy groups -OCH3 is 1. The van der Waals surface area contributed by atoms with Gasteiger partial charge in [-0.15, -0.1) is 0 Å². The summed E-state index contributed by atoms with van der Waals surface area (Å²) in [5.74, 6) is 0.853. The molecule has 2 rings (SSSR count). The molecule has 0 amide bonds. The van der Waals surface area contributed by atoms with E-state index in [4.69, 9.17) is 4.74 Å². The van der Waals surface area contributed by atoms with Crippen LogP contribution in [-0.4, -0.2) is 7.11 Å². The molecule has 1 saturated carbocycles. The van der Waals surface area contributed by atoms with Gasteiger partial charge in [0, 0.05) is 0 Å². The standard InChI is InChI=1S/C13H15NO/c1-10-6-11(8-12(7-10)15-2)13(9-14)4-3-5-13/h6-8H,3-5H2,1-2H3. The monoisotopic (exact) mass is 201 g/mol. The Balaban J connectivity index is 2.44. The Bertz CT molecular complexity index is 413. The van der Waals surface area contributed by atoms with Crippen LogP contribution in [0.25, 0.3) is 0 Å². The Morgan fingerprint density at radius 1 is 1.33 bits per heavy atom. The molecule has 0 heterocycles. The molecule has 1 aliphatic carbocycles. The molecule has 0 saturated heterocycles. The van der Waals surface area contributed by atoms with E-state index in [1.807, 2.05) is 19.1 Å². The fraction of sp³-hybridized carbons (Fsp3) is 0.462. The third-order valence-corrected chi connectivity index (χ3v) is 3.26. The maximum Gasteiger partial charge on any atom is 0.119 e. The number of hydrogen-bond donors (Lipinski definition) is 0. The quantitative estimate of drug-likeness (QED) is 0.737. The minimum absolute atomic E-state index is 0.237. The lowest BCUT2D eigenvalue weighted by Gasteiger charge is -2.36. The first kappa shape index (κ1) is 10.0. The van der Waals surface area contributed by atoms with Crippen LogP contribution in [0, 0.1) is 18.3 Å². The van der Waals surface area contributed by atoms with Gasteiger partial charge in [-0.3, -0.25) is 0 Å². The fourth-order valence-corrected chi connectivity index (χ4v) is 2.14. The molecule has 0 aliphatic heterocycles. The molecular formula is C13H15NO. The molecule has 78 valence electrons. The number of nitriles is 1. The topological polar surface area (TPSA) is 33.0 Å². The minimum Gasteiger partial charge on any atom is -0.497 e. The first-order valence-electron chi connectivity index (χ1n) is 5.28. The van der Waals surface area contributed by atoms with Crippen molar-refractivity contribution in [3.63, 3.8) is 0 Å². The van der Waals surface area contributed by atoms with Gasteiger partial charge in [0.05, 0.1) is 18.6 Å². The average molecular weight is 201 g/mol. The number of aryl methyl sites for hydroxylation is 1. The molecule has 2 heteroatoms. The molecule has 2 nitrogen and oxygen atoms in total. The summed E-state index contributed by atoms with van der Waals surface area (Å²) in [6, 6.07) is 8.54. The molecule has 1 fully saturated rings. The van der Waals surface area contributed by atoms with Crippen molar-refractivity contribution in [1.29, 1.82) is 5.26 Å². The van der Waals surface area contributed by atoms with E-state index >= 15 is 0 Å². The highest BCUT2D eigenvalue weighted by Crippen LogP contribution is 2.44. The number of rotatable bonds is 2. The van der Waals surface area contributed by atoms with Gasteiger partial charge in [0.2, 0.25) is 0 Å². The van der Waals surface area contributed by atoms with Crippen molar-refractivity contribution < 1.29 is 4.74 Å². The SMILES string of the molecule is COc1cc(C)cc(C2(C#N)CCC2)c1. The van der Waals surface area contributed by atoms with Crippen molar-refractivity contribution in [1.82, 2.24) is 0 Å². The Hall–Kier alpha value is -1.49. The van der Waals surface area contributed by atoms with Crippen LogP contribution in [0.15, 0.2) is 18.2 Å². The van der Waals surface area contributed by atoms with Crippen LogP contribution in [0.5, 0.6) is 5.75 Å². The molecule has 1 aromatic rings. The number of benzene rings is 1. The van der Waals surface area contributed by atoms with E-state index in [0.29, 0.717) is 0 Å². The van der Waals surface area contributed by atoms with Gasteiger partial charge in [-0.1, -0.05) is 6.07 Å². The van der Waals surface area contributed by atoms with Crippen LogP contribution < -0.4 is 4.74 Å². The van der Waals surface area contributed by atoms with Gasteiger partial charge in [-0.2, -0.15) is 5.26 Å². The molecular weight excluding hydrogens is 186 g/mol. The van der Waals surface area contributed by atoms with E-state index in [1.54, 1.807) is 7.11 Å². The largest absolute Gasteiger partial charge is 0.497 e. The molecule has 1 aromatic carbocycles. The molecule has 15 heavy (non-hydrogen) atoms. The second-order valence-electron chi connectivity index (χ2n) is 4.29. The van der Waals surface area contributed by atoms with E-state index in [0.717, 1.165) is 36.1 Å². The summed E-state index contributed by atoms with van der Waals surface area (Å²) in [6.07, 6.45) is 3.12. The van der Waals surface area contributed by atoms with Crippen LogP contribution in [0.4, 0.5) is 0 Å². The van der Waals surface area contributed by atoms with Crippen LogP contribution >= 0.6 is 0 Å². The highest BCUT2D eigenvalue weighted by molar-refractivity contribution is 5.42. The molecule has 0 spiro atoms. The van der Waals surface area contributed by atoms with Gasteiger partial charge in [0.15, 0.2) is 0 Å². The van der Waals surface area contributed by atoms with Crippen LogP contribution in [0.2, 0.25) is 0 Å². The summed E-state index contributed by atoms with van der Waals surface area (Å²) in [4.78, 5) is 0. The van der Waals surface area contributed by atoms with Gasteiger partial charge in [-0.25, -0.2) is 0 Å². The Kier molecular flexibility index (Phi) is 2.40. The third-order valence-electron chi connectivity index (χ3n) is 3.26. The second-order valence-corrected chi connectivity index (χ2v) is 4.29. The number of hydrogen-bond acceptors (Lipinski definition) is 2. The van der Waals surface area contributed by atoms with E-state index in [9.17, 15) is 5.26 Å². The fourth-order valence-electron chi connectivity index (χ4n) is 2.14. The van der Waals surface area contributed by atoms with Crippen LogP contribution in [0.1, 0.15) is 30.4 Å². The van der Waals surface area contributed by atoms with E-state index < -0.39 is 0 Å². The Labute approximate surface area is 90.5 Å². The molecule has 0 radical (unpaired) electrons. The molecule has 0 N–H and O–H groups in total. The summed E-state index contributed by atoms with van der Waals surface area (Å²) in [5.41, 5.74) is 2.04. The number of ether oxygens (including phenoxy) is 1. The van der Waals surface area contributed by atoms with Crippen molar-refractivity contribution in [3.8, 4) is 11.8 Å². The Morgan fingerprint density at radius 2 is 2.07 bits per heavy atom. The Morgan fingerprint density at radius 3 is 2.53 bits per heavy atom. The molecule has 1 aliphatic rings. The zero-order chi connectivity index (χ0) is 10.9. The highest BCUT2D eigenvalue weighted by atomic mass is 16.5. The number of nitrogens with zero attached hydrogens (tertiary/aromatic N) is 1. The van der Waals surface area contributed by atoms with Gasteiger partial charge < -0.3 is 4.74 Å². The summed E-state index contributed by atoms with van der Waals surface area (Å²) in [7, 11) is 1.67. The van der Waals surface area contributed by atoms with Crippen molar-refractivity contribution in [2.24, 2.45) is 0 Å². The van der Waals surface area contributed by atoms with E-state index in [2.05, 4.69) is 12.1 Å². The predicted molar refractivity (Wildman–Crippen MR) is 58.9 cm³/mol. The predicted octanol–water partition coefficient (Wildman–Crippen LogP) is 2.95. The summed E-state index contributed by atoms with van der Waals surface area (Å²) >= 11 is 0. The zero-order valence-corrected chi connectivity index (χ0v) is 9.21. The van der Waals surface area contributed by atoms with Crippen molar-refractivity contribution in [3.05, 3.63) is 29.3 Å². The van der Waals surface area contributed by atoms with Crippen LogP contribution in [-0.2, 0) is 5.41 Å². The first-order chi connectivity index (χ1) is 7.20. The van der Waals surface area contributed by atoms with Crippen molar-refractivity contribution in [2.75, 3.05) is 7.11 Å². The lowest BCUT2D eigenvalue weighted by atomic mass is 9.65. The molecule has 0 bridgehead atoms. The zero-order valence-electron chi connectivity index (χ0n) is 9.21. The second kappa shape index (κ2) is 3.58. The lowest BCUT2D eigenvalue weighted by Crippen LogP contribution is -2.32. The van der Waals surface area contributed by atoms with Crippen molar-refractivity contribution in [2.45, 2.75) is 31.6 Å². The average Bonchev–Trinajstić information content (AvgIpc) is 2.16. The normalized spacial score (nSPS) is 17.7. The van der Waals surface area contributed by atoms with E-state index in [1.165, 1.54) is 0 Å². The van der Waals surface area contributed by atoms with Gasteiger partial charge >= 0.3 is 0 Å².